The number of aromatic nitrogens is 2. The fraction of sp³-hybridized carbons (Fsp3) is 0.357. The Balaban J connectivity index is 2.03. The lowest BCUT2D eigenvalue weighted by molar-refractivity contribution is -0.0999. The normalized spacial score (nSPS) is 17.1. The molecule has 9 heteroatoms. The van der Waals surface area contributed by atoms with E-state index in [0.29, 0.717) is 5.82 Å². The number of benzene rings is 1. The van der Waals surface area contributed by atoms with Gasteiger partial charge in [-0.2, -0.15) is 10.2 Å². The fourth-order valence-corrected chi connectivity index (χ4v) is 1.91. The summed E-state index contributed by atoms with van der Waals surface area (Å²) >= 11 is 0. The minimum Gasteiger partial charge on any atom is -0.394 e. The van der Waals surface area contributed by atoms with Gasteiger partial charge in [-0.15, -0.1) is 5.10 Å². The Hall–Kier alpha value is -2.17. The Morgan fingerprint density at radius 2 is 1.87 bits per heavy atom. The standard InChI is InChI=1S/C14H18N4O5/c19-7-11(21)13(23)12(22)10(20)6-16-18-14-9-4-2-1-3-8(9)5-15-17-14/h1-6,10-13,19-23H,7H2,(H,17,18). The minimum atomic E-state index is -1.71. The third kappa shape index (κ3) is 4.18. The maximum atomic E-state index is 9.70. The average Bonchev–Trinajstić information content (AvgIpc) is 2.59. The van der Waals surface area contributed by atoms with Gasteiger partial charge in [0.1, 0.15) is 24.4 Å². The van der Waals surface area contributed by atoms with E-state index in [1.54, 1.807) is 6.20 Å². The average molecular weight is 322 g/mol. The first-order valence-corrected chi connectivity index (χ1v) is 6.87. The molecule has 0 aliphatic heterocycles. The van der Waals surface area contributed by atoms with Crippen LogP contribution in [0.1, 0.15) is 0 Å². The number of nitrogens with zero attached hydrogens (tertiary/aromatic N) is 3. The molecular formula is C14H18N4O5. The van der Waals surface area contributed by atoms with Crippen LogP contribution >= 0.6 is 0 Å². The highest BCUT2D eigenvalue weighted by atomic mass is 16.4. The molecule has 1 heterocycles. The molecule has 0 spiro atoms. The maximum absolute atomic E-state index is 9.70. The van der Waals surface area contributed by atoms with Gasteiger partial charge < -0.3 is 25.5 Å². The number of hydrogen-bond donors (Lipinski definition) is 6. The lowest BCUT2D eigenvalue weighted by Crippen LogP contribution is -2.46. The Kier molecular flexibility index (Phi) is 5.90. The molecule has 0 aliphatic carbocycles. The quantitative estimate of drug-likeness (QED) is 0.265. The third-order valence-corrected chi connectivity index (χ3v) is 3.25. The van der Waals surface area contributed by atoms with Crippen LogP contribution in [0.2, 0.25) is 0 Å². The highest BCUT2D eigenvalue weighted by Gasteiger charge is 2.29. The van der Waals surface area contributed by atoms with E-state index in [9.17, 15) is 20.4 Å². The van der Waals surface area contributed by atoms with Crippen LogP contribution in [0.15, 0.2) is 35.6 Å². The lowest BCUT2D eigenvalue weighted by atomic mass is 10.0. The van der Waals surface area contributed by atoms with Crippen LogP contribution in [0.5, 0.6) is 0 Å². The van der Waals surface area contributed by atoms with E-state index in [2.05, 4.69) is 20.7 Å². The molecule has 2 aromatic rings. The molecule has 0 saturated carbocycles. The first kappa shape index (κ1) is 17.2. The number of fused-ring (bicyclic) bond motifs is 1. The van der Waals surface area contributed by atoms with Crippen molar-refractivity contribution >= 4 is 22.8 Å². The van der Waals surface area contributed by atoms with E-state index in [0.717, 1.165) is 17.0 Å². The summed E-state index contributed by atoms with van der Waals surface area (Å²) in [4.78, 5) is 0. The van der Waals surface area contributed by atoms with Gasteiger partial charge in [-0.05, 0) is 0 Å². The monoisotopic (exact) mass is 322 g/mol. The Morgan fingerprint density at radius 3 is 2.61 bits per heavy atom. The molecule has 2 rings (SSSR count). The van der Waals surface area contributed by atoms with Crippen molar-refractivity contribution < 1.29 is 25.5 Å². The zero-order chi connectivity index (χ0) is 16.8. The SMILES string of the molecule is OCC(O)C(O)C(O)C(O)C=NNc1nncc2ccccc12. The van der Waals surface area contributed by atoms with Gasteiger partial charge in [-0.3, -0.25) is 5.43 Å². The summed E-state index contributed by atoms with van der Waals surface area (Å²) in [5.74, 6) is 0.358. The molecule has 1 aromatic carbocycles. The van der Waals surface area contributed by atoms with Crippen LogP contribution in [0, 0.1) is 0 Å². The summed E-state index contributed by atoms with van der Waals surface area (Å²) in [6.45, 7) is -0.744. The van der Waals surface area contributed by atoms with Gasteiger partial charge in [0.15, 0.2) is 5.82 Å². The molecule has 1 aromatic heterocycles. The predicted octanol–water partition coefficient (Wildman–Crippen LogP) is -1.54. The van der Waals surface area contributed by atoms with Crippen LogP contribution in [0.25, 0.3) is 10.8 Å². The van der Waals surface area contributed by atoms with Gasteiger partial charge >= 0.3 is 0 Å². The zero-order valence-corrected chi connectivity index (χ0v) is 12.1. The highest BCUT2D eigenvalue weighted by Crippen LogP contribution is 2.18. The second-order valence-corrected chi connectivity index (χ2v) is 4.89. The van der Waals surface area contributed by atoms with Crippen molar-refractivity contribution in [1.82, 2.24) is 10.2 Å². The van der Waals surface area contributed by atoms with Gasteiger partial charge in [0.2, 0.25) is 0 Å². The van der Waals surface area contributed by atoms with Crippen molar-refractivity contribution in [2.24, 2.45) is 5.10 Å². The van der Waals surface area contributed by atoms with Crippen LogP contribution in [-0.4, -0.2) is 73.0 Å². The molecule has 0 saturated heterocycles. The number of aliphatic hydroxyl groups excluding tert-OH is 5. The van der Waals surface area contributed by atoms with Crippen LogP contribution in [0.3, 0.4) is 0 Å². The van der Waals surface area contributed by atoms with Gasteiger partial charge in [-0.1, -0.05) is 24.3 Å². The summed E-state index contributed by atoms with van der Waals surface area (Å²) in [5.41, 5.74) is 2.59. The molecule has 6 N–H and O–H groups in total. The van der Waals surface area contributed by atoms with Crippen molar-refractivity contribution in [2.75, 3.05) is 12.0 Å². The Bertz CT molecular complexity index is 663. The third-order valence-electron chi connectivity index (χ3n) is 3.25. The van der Waals surface area contributed by atoms with E-state index in [1.165, 1.54) is 0 Å². The molecule has 124 valence electrons. The second kappa shape index (κ2) is 7.90. The summed E-state index contributed by atoms with van der Waals surface area (Å²) < 4.78 is 0. The first-order chi connectivity index (χ1) is 11.0. The van der Waals surface area contributed by atoms with Crippen LogP contribution in [0.4, 0.5) is 5.82 Å². The zero-order valence-electron chi connectivity index (χ0n) is 12.1. The molecule has 4 unspecified atom stereocenters. The lowest BCUT2D eigenvalue weighted by Gasteiger charge is -2.23. The Labute approximate surface area is 131 Å². The Morgan fingerprint density at radius 1 is 1.13 bits per heavy atom. The largest absolute Gasteiger partial charge is 0.394 e. The minimum absolute atomic E-state index is 0.358. The molecule has 23 heavy (non-hydrogen) atoms. The van der Waals surface area contributed by atoms with E-state index in [-0.39, 0.29) is 0 Å². The van der Waals surface area contributed by atoms with Crippen LogP contribution < -0.4 is 5.43 Å². The topological polar surface area (TPSA) is 151 Å². The highest BCUT2D eigenvalue weighted by molar-refractivity contribution is 5.90. The van der Waals surface area contributed by atoms with Gasteiger partial charge in [0.25, 0.3) is 0 Å². The second-order valence-electron chi connectivity index (χ2n) is 4.89. The van der Waals surface area contributed by atoms with E-state index >= 15 is 0 Å². The number of hydrogen-bond acceptors (Lipinski definition) is 9. The van der Waals surface area contributed by atoms with Crippen molar-refractivity contribution in [2.45, 2.75) is 24.4 Å². The van der Waals surface area contributed by atoms with E-state index < -0.39 is 31.0 Å². The molecular weight excluding hydrogens is 304 g/mol. The summed E-state index contributed by atoms with van der Waals surface area (Å²) in [6.07, 6.45) is -4.00. The number of nitrogens with one attached hydrogen (secondary N) is 1. The number of rotatable bonds is 7. The smallest absolute Gasteiger partial charge is 0.176 e. The van der Waals surface area contributed by atoms with Gasteiger partial charge in [0, 0.05) is 10.8 Å². The van der Waals surface area contributed by atoms with E-state index in [4.69, 9.17) is 5.11 Å². The molecule has 9 nitrogen and oxygen atoms in total. The number of anilines is 1. The maximum Gasteiger partial charge on any atom is 0.176 e. The van der Waals surface area contributed by atoms with E-state index in [1.807, 2.05) is 24.3 Å². The first-order valence-electron chi connectivity index (χ1n) is 6.87. The van der Waals surface area contributed by atoms with Gasteiger partial charge in [-0.25, -0.2) is 0 Å². The van der Waals surface area contributed by atoms with Crippen molar-refractivity contribution in [3.8, 4) is 0 Å². The summed E-state index contributed by atoms with van der Waals surface area (Å²) in [6, 6.07) is 7.34. The van der Waals surface area contributed by atoms with Gasteiger partial charge in [0.05, 0.1) is 19.0 Å². The van der Waals surface area contributed by atoms with Crippen LogP contribution in [-0.2, 0) is 0 Å². The molecule has 0 radical (unpaired) electrons. The number of hydrazone groups is 1. The molecule has 0 amide bonds. The summed E-state index contributed by atoms with van der Waals surface area (Å²) in [5, 5.41) is 59.8. The fourth-order valence-electron chi connectivity index (χ4n) is 1.91. The molecule has 0 bridgehead atoms. The number of aliphatic hydroxyl groups is 5. The van der Waals surface area contributed by atoms with Crippen molar-refractivity contribution in [3.63, 3.8) is 0 Å². The molecule has 4 atom stereocenters. The molecule has 0 aliphatic rings. The van der Waals surface area contributed by atoms with Crippen molar-refractivity contribution in [1.29, 1.82) is 0 Å². The van der Waals surface area contributed by atoms with Crippen molar-refractivity contribution in [3.05, 3.63) is 30.5 Å². The molecule has 0 fully saturated rings. The summed E-state index contributed by atoms with van der Waals surface area (Å²) in [7, 11) is 0. The predicted molar refractivity (Wildman–Crippen MR) is 82.8 cm³/mol.